The third-order valence-electron chi connectivity index (χ3n) is 2.47. The Hall–Kier alpha value is -1.91. The maximum absolute atomic E-state index is 4.48. The molecule has 0 atom stereocenters. The number of nitrogens with zero attached hydrogens (tertiary/aromatic N) is 4. The highest BCUT2D eigenvalue weighted by Crippen LogP contribution is 2.18. The van der Waals surface area contributed by atoms with Crippen LogP contribution in [0, 0.1) is 6.92 Å². The van der Waals surface area contributed by atoms with Crippen molar-refractivity contribution in [1.29, 1.82) is 0 Å². The summed E-state index contributed by atoms with van der Waals surface area (Å²) < 4.78 is 1.78. The van der Waals surface area contributed by atoms with Gasteiger partial charge in [0.05, 0.1) is 11.3 Å². The highest BCUT2D eigenvalue weighted by molar-refractivity contribution is 5.58. The summed E-state index contributed by atoms with van der Waals surface area (Å²) in [6.45, 7) is 5.01. The molecule has 0 radical (unpaired) electrons. The molecule has 90 valence electrons. The van der Waals surface area contributed by atoms with Gasteiger partial charge in [0.1, 0.15) is 5.82 Å². The van der Waals surface area contributed by atoms with Crippen molar-refractivity contribution in [3.63, 3.8) is 0 Å². The Balaban J connectivity index is 2.29. The van der Waals surface area contributed by atoms with Gasteiger partial charge in [0.2, 0.25) is 0 Å². The summed E-state index contributed by atoms with van der Waals surface area (Å²) >= 11 is 0. The van der Waals surface area contributed by atoms with Gasteiger partial charge in [-0.05, 0) is 19.4 Å². The molecule has 2 rings (SSSR count). The van der Waals surface area contributed by atoms with Crippen molar-refractivity contribution in [2.45, 2.75) is 20.3 Å². The van der Waals surface area contributed by atoms with Crippen molar-refractivity contribution >= 4 is 5.82 Å². The third kappa shape index (κ3) is 2.61. The minimum Gasteiger partial charge on any atom is -0.370 e. The number of nitrogens with one attached hydrogen (secondary N) is 1. The molecule has 2 aromatic rings. The van der Waals surface area contributed by atoms with Gasteiger partial charge in [-0.3, -0.25) is 4.68 Å². The molecule has 0 aliphatic rings. The summed E-state index contributed by atoms with van der Waals surface area (Å²) in [5, 5.41) is 7.55. The minimum atomic E-state index is 0.719. The fourth-order valence-electron chi connectivity index (χ4n) is 1.66. The first kappa shape index (κ1) is 11.6. The largest absolute Gasteiger partial charge is 0.370 e. The first-order valence-electron chi connectivity index (χ1n) is 5.78. The van der Waals surface area contributed by atoms with Gasteiger partial charge in [-0.15, -0.1) is 0 Å². The second kappa shape index (κ2) is 4.95. The van der Waals surface area contributed by atoms with E-state index in [0.29, 0.717) is 0 Å². The van der Waals surface area contributed by atoms with Crippen molar-refractivity contribution in [2.75, 3.05) is 11.9 Å². The molecule has 0 spiro atoms. The Labute approximate surface area is 101 Å². The summed E-state index contributed by atoms with van der Waals surface area (Å²) in [6, 6.07) is 1.88. The van der Waals surface area contributed by atoms with Crippen LogP contribution in [0.5, 0.6) is 0 Å². The van der Waals surface area contributed by atoms with E-state index < -0.39 is 0 Å². The van der Waals surface area contributed by atoms with Crippen LogP contribution in [0.4, 0.5) is 5.82 Å². The summed E-state index contributed by atoms with van der Waals surface area (Å²) in [5.74, 6) is 1.58. The normalized spacial score (nSPS) is 10.5. The maximum atomic E-state index is 4.48. The summed E-state index contributed by atoms with van der Waals surface area (Å²) in [5.41, 5.74) is 1.92. The van der Waals surface area contributed by atoms with Crippen molar-refractivity contribution in [3.8, 4) is 11.4 Å². The number of aryl methyl sites for hydroxylation is 2. The molecule has 17 heavy (non-hydrogen) atoms. The topological polar surface area (TPSA) is 55.6 Å². The highest BCUT2D eigenvalue weighted by Gasteiger charge is 2.09. The SMILES string of the molecule is CCCNc1ccnc(-c2cn(C)nc2C)n1. The zero-order valence-corrected chi connectivity index (χ0v) is 10.4. The molecule has 0 saturated carbocycles. The lowest BCUT2D eigenvalue weighted by molar-refractivity contribution is 0.756. The van der Waals surface area contributed by atoms with E-state index in [2.05, 4.69) is 27.3 Å². The lowest BCUT2D eigenvalue weighted by atomic mass is 10.2. The summed E-state index contributed by atoms with van der Waals surface area (Å²) in [6.07, 6.45) is 4.78. The molecule has 0 amide bonds. The van der Waals surface area contributed by atoms with E-state index in [1.807, 2.05) is 26.2 Å². The fourth-order valence-corrected chi connectivity index (χ4v) is 1.66. The first-order chi connectivity index (χ1) is 8.20. The summed E-state index contributed by atoms with van der Waals surface area (Å²) in [4.78, 5) is 8.77. The molecule has 1 N–H and O–H groups in total. The van der Waals surface area contributed by atoms with E-state index in [1.54, 1.807) is 10.9 Å². The highest BCUT2D eigenvalue weighted by atomic mass is 15.3. The Morgan fingerprint density at radius 1 is 1.41 bits per heavy atom. The zero-order chi connectivity index (χ0) is 12.3. The van der Waals surface area contributed by atoms with Crippen LogP contribution in [-0.2, 0) is 7.05 Å². The maximum Gasteiger partial charge on any atom is 0.164 e. The first-order valence-corrected chi connectivity index (χ1v) is 5.78. The van der Waals surface area contributed by atoms with Crippen molar-refractivity contribution in [3.05, 3.63) is 24.2 Å². The molecule has 2 heterocycles. The average molecular weight is 231 g/mol. The minimum absolute atomic E-state index is 0.719. The van der Waals surface area contributed by atoms with Gasteiger partial charge in [-0.1, -0.05) is 6.92 Å². The predicted octanol–water partition coefficient (Wildman–Crippen LogP) is 2.01. The van der Waals surface area contributed by atoms with Crippen LogP contribution in [0.3, 0.4) is 0 Å². The van der Waals surface area contributed by atoms with Gasteiger partial charge in [0.25, 0.3) is 0 Å². The van der Waals surface area contributed by atoms with Gasteiger partial charge in [-0.2, -0.15) is 5.10 Å². The molecule has 2 aromatic heterocycles. The average Bonchev–Trinajstić information content (AvgIpc) is 2.66. The molecular formula is C12H17N5. The standard InChI is InChI=1S/C12H17N5/c1-4-6-13-11-5-7-14-12(15-11)10-8-17(3)16-9(10)2/h5,7-8H,4,6H2,1-3H3,(H,13,14,15). The number of rotatable bonds is 4. The zero-order valence-electron chi connectivity index (χ0n) is 10.4. The summed E-state index contributed by atoms with van der Waals surface area (Å²) in [7, 11) is 1.90. The van der Waals surface area contributed by atoms with Gasteiger partial charge in [0, 0.05) is 26.0 Å². The van der Waals surface area contributed by atoms with E-state index >= 15 is 0 Å². The molecular weight excluding hydrogens is 214 g/mol. The van der Waals surface area contributed by atoms with Gasteiger partial charge >= 0.3 is 0 Å². The van der Waals surface area contributed by atoms with Crippen molar-refractivity contribution in [1.82, 2.24) is 19.7 Å². The molecule has 0 aliphatic carbocycles. The number of hydrogen-bond donors (Lipinski definition) is 1. The van der Waals surface area contributed by atoms with Crippen LogP contribution in [0.25, 0.3) is 11.4 Å². The monoisotopic (exact) mass is 231 g/mol. The van der Waals surface area contributed by atoms with Gasteiger partial charge in [-0.25, -0.2) is 9.97 Å². The van der Waals surface area contributed by atoms with E-state index in [4.69, 9.17) is 0 Å². The van der Waals surface area contributed by atoms with Gasteiger partial charge in [0.15, 0.2) is 5.82 Å². The molecule has 0 unspecified atom stereocenters. The van der Waals surface area contributed by atoms with E-state index in [0.717, 1.165) is 35.9 Å². The number of hydrogen-bond acceptors (Lipinski definition) is 4. The fraction of sp³-hybridized carbons (Fsp3) is 0.417. The lowest BCUT2D eigenvalue weighted by Gasteiger charge is -2.04. The van der Waals surface area contributed by atoms with Crippen LogP contribution in [-0.4, -0.2) is 26.3 Å². The molecule has 0 aliphatic heterocycles. The lowest BCUT2D eigenvalue weighted by Crippen LogP contribution is -2.03. The number of aromatic nitrogens is 4. The molecule has 5 heteroatoms. The Kier molecular flexibility index (Phi) is 3.37. The Morgan fingerprint density at radius 2 is 2.24 bits per heavy atom. The van der Waals surface area contributed by atoms with Crippen LogP contribution in [0.15, 0.2) is 18.5 Å². The van der Waals surface area contributed by atoms with Crippen LogP contribution >= 0.6 is 0 Å². The third-order valence-corrected chi connectivity index (χ3v) is 2.47. The number of anilines is 1. The quantitative estimate of drug-likeness (QED) is 0.874. The smallest absolute Gasteiger partial charge is 0.164 e. The Morgan fingerprint density at radius 3 is 2.88 bits per heavy atom. The van der Waals surface area contributed by atoms with Crippen molar-refractivity contribution < 1.29 is 0 Å². The van der Waals surface area contributed by atoms with Crippen molar-refractivity contribution in [2.24, 2.45) is 7.05 Å². The Bertz CT molecular complexity index is 503. The van der Waals surface area contributed by atoms with E-state index in [9.17, 15) is 0 Å². The van der Waals surface area contributed by atoms with Gasteiger partial charge < -0.3 is 5.32 Å². The molecule has 0 aromatic carbocycles. The second-order valence-electron chi connectivity index (χ2n) is 3.99. The van der Waals surface area contributed by atoms with Crippen LogP contribution in [0.1, 0.15) is 19.0 Å². The molecule has 5 nitrogen and oxygen atoms in total. The predicted molar refractivity (Wildman–Crippen MR) is 67.8 cm³/mol. The molecule has 0 fully saturated rings. The van der Waals surface area contributed by atoms with Crippen LogP contribution in [0.2, 0.25) is 0 Å². The van der Waals surface area contributed by atoms with E-state index in [1.165, 1.54) is 0 Å². The second-order valence-corrected chi connectivity index (χ2v) is 3.99. The van der Waals surface area contributed by atoms with Crippen LogP contribution < -0.4 is 5.32 Å². The molecule has 0 saturated heterocycles. The molecule has 0 bridgehead atoms. The van der Waals surface area contributed by atoms with E-state index in [-0.39, 0.29) is 0 Å².